The van der Waals surface area contributed by atoms with Gasteiger partial charge in [-0.15, -0.1) is 0 Å². The molecule has 0 spiro atoms. The van der Waals surface area contributed by atoms with Crippen molar-refractivity contribution in [3.05, 3.63) is 88.1 Å². The van der Waals surface area contributed by atoms with Crippen molar-refractivity contribution in [1.29, 1.82) is 0 Å². The highest BCUT2D eigenvalue weighted by Crippen LogP contribution is 2.34. The molecular formula is C25H23BrFN3O2. The number of nitrogens with one attached hydrogen (secondary N) is 2. The molecule has 5 rings (SSSR count). The van der Waals surface area contributed by atoms with Crippen molar-refractivity contribution in [2.24, 2.45) is 0 Å². The van der Waals surface area contributed by atoms with Crippen LogP contribution in [-0.4, -0.2) is 30.1 Å². The van der Waals surface area contributed by atoms with Crippen LogP contribution in [0.25, 0.3) is 0 Å². The highest BCUT2D eigenvalue weighted by atomic mass is 79.9. The second kappa shape index (κ2) is 8.92. The fraction of sp³-hybridized carbons (Fsp3) is 0.240. The molecule has 1 atom stereocenters. The van der Waals surface area contributed by atoms with E-state index < -0.39 is 0 Å². The molecule has 3 aromatic carbocycles. The molecule has 1 heterocycles. The molecule has 1 saturated heterocycles. The van der Waals surface area contributed by atoms with Crippen LogP contribution >= 0.6 is 15.9 Å². The molecule has 2 amide bonds. The van der Waals surface area contributed by atoms with Crippen LogP contribution in [0.2, 0.25) is 0 Å². The van der Waals surface area contributed by atoms with Crippen LogP contribution in [0, 0.1) is 5.82 Å². The minimum absolute atomic E-state index is 0.106. The van der Waals surface area contributed by atoms with E-state index in [4.69, 9.17) is 4.74 Å². The SMILES string of the molecule is O=C(Nc1ccc(Oc2ccc(F)cc2)cc1)N1CC(NC2CCc3cc(Br)ccc32)C1. The fourth-order valence-electron chi connectivity index (χ4n) is 4.24. The number of ether oxygens (including phenoxy) is 1. The number of urea groups is 1. The van der Waals surface area contributed by atoms with Crippen LogP contribution in [0.1, 0.15) is 23.6 Å². The van der Waals surface area contributed by atoms with E-state index in [0.29, 0.717) is 42.4 Å². The van der Waals surface area contributed by atoms with Crippen molar-refractivity contribution >= 4 is 27.6 Å². The molecule has 2 aliphatic rings. The molecule has 32 heavy (non-hydrogen) atoms. The maximum Gasteiger partial charge on any atom is 0.321 e. The summed E-state index contributed by atoms with van der Waals surface area (Å²) in [5.74, 6) is 0.867. The van der Waals surface area contributed by atoms with Gasteiger partial charge in [0.15, 0.2) is 0 Å². The first kappa shape index (κ1) is 21.0. The molecule has 1 unspecified atom stereocenters. The van der Waals surface area contributed by atoms with E-state index in [1.165, 1.54) is 23.3 Å². The smallest absolute Gasteiger partial charge is 0.321 e. The van der Waals surface area contributed by atoms with Gasteiger partial charge in [-0.2, -0.15) is 0 Å². The molecule has 0 aromatic heterocycles. The number of likely N-dealkylation sites (tertiary alicyclic amines) is 1. The van der Waals surface area contributed by atoms with Gasteiger partial charge in [-0.3, -0.25) is 0 Å². The molecule has 7 heteroatoms. The van der Waals surface area contributed by atoms with Gasteiger partial charge >= 0.3 is 6.03 Å². The second-order valence-electron chi connectivity index (χ2n) is 8.21. The number of fused-ring (bicyclic) bond motifs is 1. The molecule has 0 radical (unpaired) electrons. The number of amides is 2. The minimum Gasteiger partial charge on any atom is -0.457 e. The van der Waals surface area contributed by atoms with E-state index in [1.807, 2.05) is 0 Å². The van der Waals surface area contributed by atoms with Gasteiger partial charge in [0, 0.05) is 35.3 Å². The lowest BCUT2D eigenvalue weighted by Gasteiger charge is -2.41. The lowest BCUT2D eigenvalue weighted by molar-refractivity contribution is 0.142. The third kappa shape index (κ3) is 4.64. The zero-order chi connectivity index (χ0) is 22.1. The van der Waals surface area contributed by atoms with Gasteiger partial charge in [0.2, 0.25) is 0 Å². The van der Waals surface area contributed by atoms with Crippen LogP contribution in [0.4, 0.5) is 14.9 Å². The summed E-state index contributed by atoms with van der Waals surface area (Å²) < 4.78 is 19.8. The van der Waals surface area contributed by atoms with Gasteiger partial charge in [-0.25, -0.2) is 9.18 Å². The number of hydrogen-bond donors (Lipinski definition) is 2. The van der Waals surface area contributed by atoms with E-state index in [2.05, 4.69) is 44.8 Å². The summed E-state index contributed by atoms with van der Waals surface area (Å²) in [4.78, 5) is 14.3. The number of hydrogen-bond acceptors (Lipinski definition) is 3. The summed E-state index contributed by atoms with van der Waals surface area (Å²) in [6, 6.07) is 20.0. The molecule has 2 N–H and O–H groups in total. The Morgan fingerprint density at radius 3 is 2.41 bits per heavy atom. The van der Waals surface area contributed by atoms with Gasteiger partial charge in [0.25, 0.3) is 0 Å². The highest BCUT2D eigenvalue weighted by molar-refractivity contribution is 9.10. The quantitative estimate of drug-likeness (QED) is 0.465. The van der Waals surface area contributed by atoms with Gasteiger partial charge in [0.05, 0.1) is 0 Å². The Morgan fingerprint density at radius 2 is 1.69 bits per heavy atom. The average molecular weight is 496 g/mol. The third-order valence-corrected chi connectivity index (χ3v) is 6.44. The van der Waals surface area contributed by atoms with Gasteiger partial charge < -0.3 is 20.3 Å². The Labute approximate surface area is 194 Å². The van der Waals surface area contributed by atoms with Crippen LogP contribution in [-0.2, 0) is 6.42 Å². The van der Waals surface area contributed by atoms with Crippen molar-refractivity contribution in [2.45, 2.75) is 24.9 Å². The summed E-state index contributed by atoms with van der Waals surface area (Å²) in [6.45, 7) is 1.39. The van der Waals surface area contributed by atoms with E-state index >= 15 is 0 Å². The number of aryl methyl sites for hydroxylation is 1. The topological polar surface area (TPSA) is 53.6 Å². The van der Waals surface area contributed by atoms with Crippen molar-refractivity contribution in [2.75, 3.05) is 18.4 Å². The highest BCUT2D eigenvalue weighted by Gasteiger charge is 2.34. The van der Waals surface area contributed by atoms with E-state index in [9.17, 15) is 9.18 Å². The first-order valence-electron chi connectivity index (χ1n) is 10.7. The maximum absolute atomic E-state index is 13.0. The predicted molar refractivity (Wildman–Crippen MR) is 126 cm³/mol. The Hall–Kier alpha value is -2.90. The minimum atomic E-state index is -0.305. The molecule has 0 bridgehead atoms. The van der Waals surface area contributed by atoms with Gasteiger partial charge in [-0.05, 0) is 84.6 Å². The summed E-state index contributed by atoms with van der Waals surface area (Å²) >= 11 is 3.54. The standard InChI is InChI=1S/C25H23BrFN3O2/c26-17-2-11-23-16(13-17)1-12-24(23)28-20-14-30(15-20)25(31)29-19-5-9-22(10-6-19)32-21-7-3-18(27)4-8-21/h2-11,13,20,24,28H,1,12,14-15H2,(H,29,31). The molecule has 1 aliphatic heterocycles. The lowest BCUT2D eigenvalue weighted by Crippen LogP contribution is -2.61. The van der Waals surface area contributed by atoms with E-state index in [1.54, 1.807) is 41.3 Å². The Kier molecular flexibility index (Phi) is 5.85. The van der Waals surface area contributed by atoms with E-state index in [0.717, 1.165) is 17.3 Å². The molecular weight excluding hydrogens is 473 g/mol. The first-order valence-corrected chi connectivity index (χ1v) is 11.5. The Bertz CT molecular complexity index is 1120. The maximum atomic E-state index is 13.0. The molecule has 0 saturated carbocycles. The average Bonchev–Trinajstić information content (AvgIpc) is 3.15. The summed E-state index contributed by atoms with van der Waals surface area (Å²) in [6.07, 6.45) is 2.19. The zero-order valence-electron chi connectivity index (χ0n) is 17.4. The monoisotopic (exact) mass is 495 g/mol. The van der Waals surface area contributed by atoms with E-state index in [-0.39, 0.29) is 11.8 Å². The van der Waals surface area contributed by atoms with Crippen molar-refractivity contribution in [3.63, 3.8) is 0 Å². The number of nitrogens with zero attached hydrogens (tertiary/aromatic N) is 1. The number of halogens is 2. The fourth-order valence-corrected chi connectivity index (χ4v) is 4.65. The second-order valence-corrected chi connectivity index (χ2v) is 9.13. The molecule has 3 aromatic rings. The number of benzene rings is 3. The summed E-state index contributed by atoms with van der Waals surface area (Å²) in [7, 11) is 0. The van der Waals surface area contributed by atoms with Crippen LogP contribution < -0.4 is 15.4 Å². The predicted octanol–water partition coefficient (Wildman–Crippen LogP) is 5.87. The Balaban J connectivity index is 1.09. The number of rotatable bonds is 5. The number of carbonyl (C=O) groups is 1. The normalized spacial score (nSPS) is 17.6. The van der Waals surface area contributed by atoms with Gasteiger partial charge in [-0.1, -0.05) is 22.0 Å². The third-order valence-electron chi connectivity index (χ3n) is 5.94. The number of anilines is 1. The van der Waals surface area contributed by atoms with Crippen LogP contribution in [0.3, 0.4) is 0 Å². The molecule has 1 aliphatic carbocycles. The zero-order valence-corrected chi connectivity index (χ0v) is 18.9. The van der Waals surface area contributed by atoms with Crippen molar-refractivity contribution < 1.29 is 13.9 Å². The van der Waals surface area contributed by atoms with Crippen LogP contribution in [0.5, 0.6) is 11.5 Å². The Morgan fingerprint density at radius 1 is 1.00 bits per heavy atom. The summed E-state index contributed by atoms with van der Waals surface area (Å²) in [5.41, 5.74) is 3.48. The molecule has 5 nitrogen and oxygen atoms in total. The van der Waals surface area contributed by atoms with Crippen molar-refractivity contribution in [1.82, 2.24) is 10.2 Å². The van der Waals surface area contributed by atoms with Crippen LogP contribution in [0.15, 0.2) is 71.2 Å². The van der Waals surface area contributed by atoms with Gasteiger partial charge in [0.1, 0.15) is 17.3 Å². The lowest BCUT2D eigenvalue weighted by atomic mass is 10.0. The first-order chi connectivity index (χ1) is 15.5. The van der Waals surface area contributed by atoms with Crippen molar-refractivity contribution in [3.8, 4) is 11.5 Å². The summed E-state index contributed by atoms with van der Waals surface area (Å²) in [5, 5.41) is 6.62. The number of carbonyl (C=O) groups excluding carboxylic acids is 1. The largest absolute Gasteiger partial charge is 0.457 e. The molecule has 1 fully saturated rings. The molecule has 164 valence electrons.